The first-order valence-corrected chi connectivity index (χ1v) is 34.8. The number of rotatable bonds is 0. The highest BCUT2D eigenvalue weighted by Crippen LogP contribution is 2.24. The minimum atomic E-state index is 0.00347. The van der Waals surface area contributed by atoms with Gasteiger partial charge in [-0.15, -0.1) is 30.6 Å². The number of H-pyrrole nitrogens is 5. The topological polar surface area (TPSA) is 328 Å². The second kappa shape index (κ2) is 38.6. The largest absolute Gasteiger partial charge is 0.349 e. The van der Waals surface area contributed by atoms with Crippen LogP contribution in [0.25, 0.3) is 11.0 Å². The summed E-state index contributed by atoms with van der Waals surface area (Å²) >= 11 is 0. The van der Waals surface area contributed by atoms with Crippen molar-refractivity contribution in [2.45, 2.75) is 289 Å². The van der Waals surface area contributed by atoms with Gasteiger partial charge in [0.2, 0.25) is 0 Å². The van der Waals surface area contributed by atoms with Crippen molar-refractivity contribution in [3.05, 3.63) is 177 Å². The highest BCUT2D eigenvalue weighted by atomic mass is 15.5. The molecule has 0 saturated heterocycles. The van der Waals surface area contributed by atoms with Gasteiger partial charge in [-0.25, -0.2) is 24.3 Å². The number of tetrazole rings is 2. The van der Waals surface area contributed by atoms with Gasteiger partial charge < -0.3 is 23.7 Å². The molecule has 0 aliphatic heterocycles. The zero-order chi connectivity index (χ0) is 78.5. The van der Waals surface area contributed by atoms with E-state index in [0.29, 0.717) is 0 Å². The number of fused-ring (bicyclic) bond motifs is 1. The molecule has 0 radical (unpaired) electrons. The molecule has 103 heavy (non-hydrogen) atoms. The maximum atomic E-state index is 4.53. The Hall–Kier alpha value is -9.63. The summed E-state index contributed by atoms with van der Waals surface area (Å²) in [6.45, 7) is 69.8. The van der Waals surface area contributed by atoms with E-state index in [1.807, 2.05) is 129 Å². The van der Waals surface area contributed by atoms with Crippen molar-refractivity contribution in [1.82, 2.24) is 140 Å². The molecule has 0 fully saturated rings. The Morgan fingerprint density at radius 1 is 0.388 bits per heavy atom. The molecule has 28 nitrogen and oxygen atoms in total. The van der Waals surface area contributed by atoms with Crippen molar-refractivity contribution in [3.63, 3.8) is 0 Å². The van der Waals surface area contributed by atoms with Crippen LogP contribution in [0.2, 0.25) is 0 Å². The molecule has 0 amide bonds. The standard InChI is InChI=1S/C11H14N2.C8H13N.4C7H12N2.3C6H11N3.2C5H10N4/c1-11(2,3)10-12-8-6-4-5-7-9(8)13-10;1-8(2,3)9-6-4-5-7-9;1-7(2,3)9-5-4-8-6-9;1-7(2,3)6-8-4-5-9-6;1-7(2,3)9-6-4-5-8-9;1-7(2,3)6-4-5-8-9-6;1-6(2,3)9-4-7-8-5-9;1-6(2,3)9-5-4-7-8-9;1-6(2,3)5-4-7-9-8-5;1-5(2,3)9-4-6-7-8-9;1-5(2,3)4-6-8-9-7-4/h4-7H,1-3H3,(H,12,13);4-7H,1-3H3;4-6H,1-3H3;4-5H,1-3H3,(H,8,9);4-6H,1-3H3;4-5H,1-3H3,(H,8,9);2*4-5H,1-3H3;4H,1-3H3,(H,7,8,9);4H,1-3H3;1-3H3,(H,6,7,8,9). The normalized spacial score (nSPS) is 11.9. The average Bonchev–Trinajstić information content (AvgIpc) is 1.67. The molecule has 0 unspecified atom stereocenters. The number of nitrogens with one attached hydrogen (secondary N) is 5. The van der Waals surface area contributed by atoms with Gasteiger partial charge in [-0.05, 0) is 171 Å². The molecule has 11 aromatic heterocycles. The van der Waals surface area contributed by atoms with Crippen molar-refractivity contribution in [2.24, 2.45) is 0 Å². The molecule has 1 aromatic carbocycles. The number of hydrogen-bond acceptors (Lipinski definition) is 17. The quantitative estimate of drug-likeness (QED) is 0.0942. The Bertz CT molecular complexity index is 3160. The van der Waals surface area contributed by atoms with Gasteiger partial charge in [-0.2, -0.15) is 30.8 Å². The number of aromatic nitrogens is 28. The third-order valence-corrected chi connectivity index (χ3v) is 14.0. The van der Waals surface area contributed by atoms with Crippen LogP contribution in [0.1, 0.15) is 257 Å². The summed E-state index contributed by atoms with van der Waals surface area (Å²) in [5.74, 6) is 2.85. The van der Waals surface area contributed by atoms with E-state index in [1.54, 1.807) is 60.8 Å². The van der Waals surface area contributed by atoms with Crippen molar-refractivity contribution >= 4 is 11.0 Å². The van der Waals surface area contributed by atoms with Crippen LogP contribution in [-0.4, -0.2) is 140 Å². The summed E-state index contributed by atoms with van der Waals surface area (Å²) in [5, 5.41) is 60.4. The zero-order valence-electron chi connectivity index (χ0n) is 68.6. The predicted molar refractivity (Wildman–Crippen MR) is 414 cm³/mol. The van der Waals surface area contributed by atoms with E-state index in [9.17, 15) is 0 Å². The van der Waals surface area contributed by atoms with Crippen LogP contribution >= 0.6 is 0 Å². The molecular formula is C75H128N28. The number of benzene rings is 1. The molecule has 0 atom stereocenters. The van der Waals surface area contributed by atoms with Gasteiger partial charge in [-0.1, -0.05) is 126 Å². The van der Waals surface area contributed by atoms with Crippen molar-refractivity contribution < 1.29 is 0 Å². The van der Waals surface area contributed by atoms with E-state index in [2.05, 4.69) is 327 Å². The molecule has 568 valence electrons. The van der Waals surface area contributed by atoms with E-state index < -0.39 is 0 Å². The molecule has 28 heteroatoms. The summed E-state index contributed by atoms with van der Waals surface area (Å²) in [7, 11) is 0. The van der Waals surface area contributed by atoms with Crippen LogP contribution in [0.3, 0.4) is 0 Å². The third-order valence-electron chi connectivity index (χ3n) is 14.0. The Balaban J connectivity index is 0.000000386. The number of imidazole rings is 3. The molecule has 0 bridgehead atoms. The maximum absolute atomic E-state index is 4.53. The minimum Gasteiger partial charge on any atom is -0.349 e. The van der Waals surface area contributed by atoms with Gasteiger partial charge in [0.1, 0.15) is 30.6 Å². The Morgan fingerprint density at radius 3 is 1.24 bits per heavy atom. The van der Waals surface area contributed by atoms with Gasteiger partial charge >= 0.3 is 0 Å². The zero-order valence-corrected chi connectivity index (χ0v) is 68.6. The summed E-state index contributed by atoms with van der Waals surface area (Å²) in [5.41, 5.74) is 5.66. The first kappa shape index (κ1) is 89.5. The summed E-state index contributed by atoms with van der Waals surface area (Å²) in [6.07, 6.45) is 29.3. The number of aromatic amines is 5. The third kappa shape index (κ3) is 35.7. The SMILES string of the molecule is CC(C)(C)c1ccn[nH]1.CC(C)(C)c1cn[nH]n1.CC(C)(C)c1nc2ccccc2[nH]1.CC(C)(C)c1ncc[nH]1.CC(C)(C)c1nn[nH]n1.CC(C)(C)n1cccc1.CC(C)(C)n1cccn1.CC(C)(C)n1ccnc1.CC(C)(C)n1ccnn1.CC(C)(C)n1cnnc1.CC(C)(C)n1cnnn1. The van der Waals surface area contributed by atoms with E-state index in [-0.39, 0.29) is 60.3 Å². The monoisotopic (exact) mass is 1420 g/mol. The highest BCUT2D eigenvalue weighted by molar-refractivity contribution is 5.74. The molecular weight excluding hydrogens is 1290 g/mol. The fourth-order valence-corrected chi connectivity index (χ4v) is 7.38. The van der Waals surface area contributed by atoms with Crippen LogP contribution in [0.5, 0.6) is 0 Å². The first-order chi connectivity index (χ1) is 47.1. The van der Waals surface area contributed by atoms with E-state index in [1.165, 1.54) is 5.69 Å². The lowest BCUT2D eigenvalue weighted by Crippen LogP contribution is -2.22. The minimum absolute atomic E-state index is 0.00347. The lowest BCUT2D eigenvalue weighted by atomic mass is 9.93. The van der Waals surface area contributed by atoms with Crippen LogP contribution in [-0.2, 0) is 60.3 Å². The molecule has 0 saturated carbocycles. The second-order valence-electron chi connectivity index (χ2n) is 35.4. The Morgan fingerprint density at radius 2 is 0.971 bits per heavy atom. The smallest absolute Gasteiger partial charge is 0.179 e. The van der Waals surface area contributed by atoms with Gasteiger partial charge in [0.15, 0.2) is 5.82 Å². The van der Waals surface area contributed by atoms with Gasteiger partial charge in [0, 0.05) is 111 Å². The Kier molecular flexibility index (Phi) is 33.5. The highest BCUT2D eigenvalue weighted by Gasteiger charge is 2.21. The molecule has 0 spiro atoms. The lowest BCUT2D eigenvalue weighted by molar-refractivity contribution is 0.346. The molecule has 0 aliphatic rings. The van der Waals surface area contributed by atoms with Gasteiger partial charge in [0.05, 0.1) is 52.1 Å². The summed E-state index contributed by atoms with van der Waals surface area (Å²) in [6, 6.07) is 16.1. The van der Waals surface area contributed by atoms with E-state index in [0.717, 1.165) is 34.2 Å². The van der Waals surface area contributed by atoms with Gasteiger partial charge in [-0.3, -0.25) is 9.78 Å². The van der Waals surface area contributed by atoms with Gasteiger partial charge in [0.25, 0.3) is 0 Å². The van der Waals surface area contributed by atoms with Crippen LogP contribution in [0, 0.1) is 0 Å². The fraction of sp³-hybridized carbons (Fsp3) is 0.587. The number of hydrogen-bond donors (Lipinski definition) is 5. The average molecular weight is 1420 g/mol. The molecule has 12 aromatic rings. The summed E-state index contributed by atoms with van der Waals surface area (Å²) in [4.78, 5) is 19.0. The Labute approximate surface area is 614 Å². The second-order valence-corrected chi connectivity index (χ2v) is 35.4. The van der Waals surface area contributed by atoms with E-state index in [4.69, 9.17) is 0 Å². The lowest BCUT2D eigenvalue weighted by Gasteiger charge is -2.20. The molecule has 12 rings (SSSR count). The van der Waals surface area contributed by atoms with Crippen LogP contribution in [0.4, 0.5) is 0 Å². The van der Waals surface area contributed by atoms with Crippen LogP contribution in [0.15, 0.2) is 148 Å². The van der Waals surface area contributed by atoms with Crippen molar-refractivity contribution in [3.8, 4) is 0 Å². The predicted octanol–water partition coefficient (Wildman–Crippen LogP) is 15.9. The number of nitrogens with zero attached hydrogens (tertiary/aromatic N) is 23. The fourth-order valence-electron chi connectivity index (χ4n) is 7.38. The first-order valence-electron chi connectivity index (χ1n) is 34.8. The molecule has 11 heterocycles. The number of para-hydroxylation sites is 2. The van der Waals surface area contributed by atoms with E-state index >= 15 is 0 Å². The molecule has 0 aliphatic carbocycles. The maximum Gasteiger partial charge on any atom is 0.179 e. The van der Waals surface area contributed by atoms with Crippen LogP contribution < -0.4 is 0 Å². The summed E-state index contributed by atoms with van der Waals surface area (Å²) < 4.78 is 11.7. The molecule has 5 N–H and O–H groups in total. The van der Waals surface area contributed by atoms with Crippen molar-refractivity contribution in [1.29, 1.82) is 0 Å². The van der Waals surface area contributed by atoms with Crippen molar-refractivity contribution in [2.75, 3.05) is 0 Å².